The third-order valence-corrected chi connectivity index (χ3v) is 4.71. The van der Waals surface area contributed by atoms with Crippen LogP contribution in [0.4, 0.5) is 0 Å². The van der Waals surface area contributed by atoms with Crippen LogP contribution >= 0.6 is 0 Å². The molecule has 2 aromatic rings. The third-order valence-electron chi connectivity index (χ3n) is 2.99. The predicted octanol–water partition coefficient (Wildman–Crippen LogP) is 1.77. The molecule has 2 rings (SSSR count). The number of methoxy groups -OCH3 is 1. The minimum atomic E-state index is -3.70. The van der Waals surface area contributed by atoms with Crippen molar-refractivity contribution in [1.82, 2.24) is 0 Å². The summed E-state index contributed by atoms with van der Waals surface area (Å²) in [4.78, 5) is 11.3. The standard InChI is InChI=1S/C15H15NO4S/c1-20-12-7-8-13(15(16)17)14(9-12)21(18,19)10-11-5-3-2-4-6-11/h2-9H,10H2,1H3,(H2,16,17). The van der Waals surface area contributed by atoms with Crippen LogP contribution in [0.2, 0.25) is 0 Å². The van der Waals surface area contributed by atoms with Crippen molar-refractivity contribution < 1.29 is 17.9 Å². The first-order chi connectivity index (χ1) is 9.94. The number of carbonyl (C=O) groups excluding carboxylic acids is 1. The van der Waals surface area contributed by atoms with Crippen LogP contribution in [0.5, 0.6) is 5.75 Å². The molecule has 21 heavy (non-hydrogen) atoms. The number of amides is 1. The number of sulfone groups is 1. The van der Waals surface area contributed by atoms with Crippen molar-refractivity contribution in [1.29, 1.82) is 0 Å². The Kier molecular flexibility index (Phi) is 4.28. The lowest BCUT2D eigenvalue weighted by atomic mass is 10.2. The van der Waals surface area contributed by atoms with Crippen LogP contribution in [0.1, 0.15) is 15.9 Å². The molecule has 0 aliphatic rings. The Hall–Kier alpha value is -2.34. The van der Waals surface area contributed by atoms with Crippen molar-refractivity contribution in [3.8, 4) is 5.75 Å². The van der Waals surface area contributed by atoms with Gasteiger partial charge in [-0.25, -0.2) is 8.42 Å². The van der Waals surface area contributed by atoms with Gasteiger partial charge < -0.3 is 10.5 Å². The number of nitrogens with two attached hydrogens (primary N) is 1. The van der Waals surface area contributed by atoms with Gasteiger partial charge in [0.15, 0.2) is 9.84 Å². The monoisotopic (exact) mass is 305 g/mol. The van der Waals surface area contributed by atoms with Gasteiger partial charge in [-0.3, -0.25) is 4.79 Å². The summed E-state index contributed by atoms with van der Waals surface area (Å²) in [6, 6.07) is 12.9. The summed E-state index contributed by atoms with van der Waals surface area (Å²) in [5.41, 5.74) is 5.85. The van der Waals surface area contributed by atoms with E-state index in [2.05, 4.69) is 0 Å². The molecule has 0 bridgehead atoms. The molecule has 0 atom stereocenters. The molecule has 5 nitrogen and oxygen atoms in total. The number of rotatable bonds is 5. The highest BCUT2D eigenvalue weighted by molar-refractivity contribution is 7.90. The van der Waals surface area contributed by atoms with Gasteiger partial charge in [-0.15, -0.1) is 0 Å². The molecule has 0 aliphatic carbocycles. The third kappa shape index (κ3) is 3.41. The van der Waals surface area contributed by atoms with Crippen LogP contribution in [0.25, 0.3) is 0 Å². The maximum Gasteiger partial charge on any atom is 0.250 e. The highest BCUT2D eigenvalue weighted by atomic mass is 32.2. The van der Waals surface area contributed by atoms with E-state index in [0.717, 1.165) is 0 Å². The number of hydrogen-bond donors (Lipinski definition) is 1. The molecule has 0 aromatic heterocycles. The lowest BCUT2D eigenvalue weighted by Crippen LogP contribution is -2.17. The normalized spacial score (nSPS) is 11.1. The van der Waals surface area contributed by atoms with Crippen LogP contribution in [0.3, 0.4) is 0 Å². The van der Waals surface area contributed by atoms with E-state index in [1.807, 2.05) is 0 Å². The molecule has 0 spiro atoms. The molecular weight excluding hydrogens is 290 g/mol. The topological polar surface area (TPSA) is 86.5 Å². The number of carbonyl (C=O) groups is 1. The first kappa shape index (κ1) is 15.1. The Labute approximate surface area is 123 Å². The maximum absolute atomic E-state index is 12.5. The van der Waals surface area contributed by atoms with E-state index < -0.39 is 15.7 Å². The number of hydrogen-bond acceptors (Lipinski definition) is 4. The average Bonchev–Trinajstić information content (AvgIpc) is 2.47. The Morgan fingerprint density at radius 1 is 1.14 bits per heavy atom. The summed E-state index contributed by atoms with van der Waals surface area (Å²) >= 11 is 0. The van der Waals surface area contributed by atoms with Crippen LogP contribution in [0, 0.1) is 0 Å². The van der Waals surface area contributed by atoms with Crippen LogP contribution in [-0.4, -0.2) is 21.4 Å². The molecule has 0 radical (unpaired) electrons. The average molecular weight is 305 g/mol. The number of benzene rings is 2. The molecule has 110 valence electrons. The molecule has 0 heterocycles. The fourth-order valence-electron chi connectivity index (χ4n) is 1.96. The van der Waals surface area contributed by atoms with E-state index in [9.17, 15) is 13.2 Å². The van der Waals surface area contributed by atoms with Gasteiger partial charge in [0.05, 0.1) is 23.3 Å². The summed E-state index contributed by atoms with van der Waals surface area (Å²) in [5.74, 6) is -0.641. The molecule has 0 saturated heterocycles. The molecule has 0 saturated carbocycles. The minimum Gasteiger partial charge on any atom is -0.497 e. The van der Waals surface area contributed by atoms with Crippen LogP contribution < -0.4 is 10.5 Å². The Morgan fingerprint density at radius 2 is 1.81 bits per heavy atom. The summed E-state index contributed by atoms with van der Waals surface area (Å²) in [6.07, 6.45) is 0. The molecule has 2 aromatic carbocycles. The van der Waals surface area contributed by atoms with Gasteiger partial charge in [-0.1, -0.05) is 30.3 Å². The fourth-order valence-corrected chi connectivity index (χ4v) is 3.55. The zero-order valence-electron chi connectivity index (χ0n) is 11.4. The van der Waals surface area contributed by atoms with Crippen molar-refractivity contribution in [2.45, 2.75) is 10.6 Å². The minimum absolute atomic E-state index is 0.0354. The highest BCUT2D eigenvalue weighted by Gasteiger charge is 2.22. The first-order valence-electron chi connectivity index (χ1n) is 6.18. The van der Waals surface area contributed by atoms with Crippen molar-refractivity contribution in [3.63, 3.8) is 0 Å². The van der Waals surface area contributed by atoms with Crippen molar-refractivity contribution >= 4 is 15.7 Å². The van der Waals surface area contributed by atoms with Crippen molar-refractivity contribution in [2.75, 3.05) is 7.11 Å². The highest BCUT2D eigenvalue weighted by Crippen LogP contribution is 2.25. The Bertz CT molecular complexity index is 754. The molecule has 0 unspecified atom stereocenters. The number of primary amides is 1. The summed E-state index contributed by atoms with van der Waals surface area (Å²) in [7, 11) is -2.28. The van der Waals surface area contributed by atoms with Crippen molar-refractivity contribution in [3.05, 3.63) is 59.7 Å². The second kappa shape index (κ2) is 5.97. The van der Waals surface area contributed by atoms with Crippen molar-refractivity contribution in [2.24, 2.45) is 5.73 Å². The summed E-state index contributed by atoms with van der Waals surface area (Å²) < 4.78 is 30.1. The fraction of sp³-hybridized carbons (Fsp3) is 0.133. The quantitative estimate of drug-likeness (QED) is 0.912. The zero-order valence-corrected chi connectivity index (χ0v) is 12.3. The van der Waals surface area contributed by atoms with Gasteiger partial charge in [0.25, 0.3) is 0 Å². The lowest BCUT2D eigenvalue weighted by molar-refractivity contribution is 0.0997. The molecule has 2 N–H and O–H groups in total. The van der Waals surface area contributed by atoms with Gasteiger partial charge in [0, 0.05) is 0 Å². The summed E-state index contributed by atoms with van der Waals surface area (Å²) in [6.45, 7) is 0. The Morgan fingerprint density at radius 3 is 2.38 bits per heavy atom. The summed E-state index contributed by atoms with van der Waals surface area (Å²) in [5, 5.41) is 0. The molecular formula is C15H15NO4S. The van der Waals surface area contributed by atoms with E-state index in [0.29, 0.717) is 11.3 Å². The number of ether oxygens (including phenoxy) is 1. The van der Waals surface area contributed by atoms with Gasteiger partial charge in [0.2, 0.25) is 5.91 Å². The maximum atomic E-state index is 12.5. The smallest absolute Gasteiger partial charge is 0.250 e. The van der Waals surface area contributed by atoms with E-state index >= 15 is 0 Å². The SMILES string of the molecule is COc1ccc(C(N)=O)c(S(=O)(=O)Cc2ccccc2)c1. The second-order valence-corrected chi connectivity index (χ2v) is 6.43. The lowest BCUT2D eigenvalue weighted by Gasteiger charge is -2.10. The largest absolute Gasteiger partial charge is 0.497 e. The van der Waals surface area contributed by atoms with Crippen LogP contribution in [0.15, 0.2) is 53.4 Å². The van der Waals surface area contributed by atoms with Gasteiger partial charge in [-0.05, 0) is 23.8 Å². The second-order valence-electron chi connectivity index (χ2n) is 4.47. The molecule has 6 heteroatoms. The molecule has 1 amide bonds. The molecule has 0 aliphatic heterocycles. The Balaban J connectivity index is 2.50. The van der Waals surface area contributed by atoms with E-state index in [4.69, 9.17) is 10.5 Å². The first-order valence-corrected chi connectivity index (χ1v) is 7.84. The van der Waals surface area contributed by atoms with Gasteiger partial charge in [0.1, 0.15) is 5.75 Å². The van der Waals surface area contributed by atoms with E-state index in [-0.39, 0.29) is 16.2 Å². The predicted molar refractivity (Wildman–Crippen MR) is 78.8 cm³/mol. The van der Waals surface area contributed by atoms with Crippen LogP contribution in [-0.2, 0) is 15.6 Å². The van der Waals surface area contributed by atoms with Gasteiger partial charge in [-0.2, -0.15) is 0 Å². The van der Waals surface area contributed by atoms with E-state index in [1.165, 1.54) is 25.3 Å². The van der Waals surface area contributed by atoms with E-state index in [1.54, 1.807) is 30.3 Å². The van der Waals surface area contributed by atoms with Gasteiger partial charge >= 0.3 is 0 Å². The zero-order chi connectivity index (χ0) is 15.5. The molecule has 0 fully saturated rings.